The average Bonchev–Trinajstić information content (AvgIpc) is 3.24. The Bertz CT molecular complexity index is 1400. The number of nitrogens with zero attached hydrogens (tertiary/aromatic N) is 5. The standard InChI is InChI=1S/C26H33N7O3Si/c1-17-11-22(32-18-12-30-26(35-3)31-13-18)29-14-20(17)21-15-33(16-36-9-10-37(4,5)6)24-19(21)7-8-28-23(24)25(34)27-2/h7-8,11-15H,9-10,16H2,1-6H3,(H,27,34)(H,29,32). The van der Waals surface area contributed by atoms with Crippen LogP contribution in [0.1, 0.15) is 16.1 Å². The Morgan fingerprint density at radius 1 is 1.08 bits per heavy atom. The van der Waals surface area contributed by atoms with E-state index in [9.17, 15) is 4.79 Å². The third kappa shape index (κ3) is 6.12. The lowest BCUT2D eigenvalue weighted by Gasteiger charge is -2.16. The minimum atomic E-state index is -1.22. The van der Waals surface area contributed by atoms with Gasteiger partial charge in [-0.1, -0.05) is 19.6 Å². The number of aromatic nitrogens is 5. The quantitative estimate of drug-likeness (QED) is 0.230. The van der Waals surface area contributed by atoms with Crippen molar-refractivity contribution in [2.45, 2.75) is 39.3 Å². The number of rotatable bonds is 10. The summed E-state index contributed by atoms with van der Waals surface area (Å²) in [6, 6.07) is 5.26. The number of methoxy groups -OCH3 is 1. The van der Waals surface area contributed by atoms with Crippen molar-refractivity contribution >= 4 is 36.4 Å². The van der Waals surface area contributed by atoms with Crippen molar-refractivity contribution in [2.24, 2.45) is 0 Å². The van der Waals surface area contributed by atoms with Gasteiger partial charge in [0.2, 0.25) is 0 Å². The molecule has 194 valence electrons. The van der Waals surface area contributed by atoms with E-state index in [2.05, 4.69) is 50.2 Å². The van der Waals surface area contributed by atoms with E-state index in [-0.39, 0.29) is 5.91 Å². The molecule has 0 saturated heterocycles. The highest BCUT2D eigenvalue weighted by atomic mass is 28.3. The Kier molecular flexibility index (Phi) is 7.84. The summed E-state index contributed by atoms with van der Waals surface area (Å²) >= 11 is 0. The first-order valence-electron chi connectivity index (χ1n) is 12.1. The number of nitrogens with one attached hydrogen (secondary N) is 2. The molecule has 0 saturated carbocycles. The van der Waals surface area contributed by atoms with E-state index in [0.29, 0.717) is 36.5 Å². The SMILES string of the molecule is CNC(=O)c1nccc2c(-c3cnc(Nc4cnc(OC)nc4)cc3C)cn(COCC[Si](C)(C)C)c12. The van der Waals surface area contributed by atoms with Crippen LogP contribution >= 0.6 is 0 Å². The highest BCUT2D eigenvalue weighted by molar-refractivity contribution is 6.76. The zero-order valence-electron chi connectivity index (χ0n) is 22.1. The van der Waals surface area contributed by atoms with Crippen LogP contribution in [0, 0.1) is 6.92 Å². The Balaban J connectivity index is 1.68. The zero-order chi connectivity index (χ0) is 26.6. The van der Waals surface area contributed by atoms with E-state index < -0.39 is 8.07 Å². The number of anilines is 2. The second kappa shape index (κ2) is 11.1. The molecule has 0 radical (unpaired) electrons. The van der Waals surface area contributed by atoms with Gasteiger partial charge in [0, 0.05) is 56.8 Å². The second-order valence-electron chi connectivity index (χ2n) is 9.96. The molecule has 0 bridgehead atoms. The van der Waals surface area contributed by atoms with Crippen LogP contribution in [0.4, 0.5) is 11.5 Å². The van der Waals surface area contributed by atoms with Gasteiger partial charge >= 0.3 is 6.01 Å². The molecule has 0 spiro atoms. The molecule has 0 aliphatic heterocycles. The Morgan fingerprint density at radius 3 is 2.49 bits per heavy atom. The zero-order valence-corrected chi connectivity index (χ0v) is 23.1. The maximum atomic E-state index is 12.7. The summed E-state index contributed by atoms with van der Waals surface area (Å²) in [5.74, 6) is 0.427. The summed E-state index contributed by atoms with van der Waals surface area (Å²) in [5.41, 5.74) is 4.74. The van der Waals surface area contributed by atoms with Crippen LogP contribution in [0.15, 0.2) is 43.1 Å². The molecule has 1 amide bonds. The number of hydrogen-bond acceptors (Lipinski definition) is 8. The second-order valence-corrected chi connectivity index (χ2v) is 15.6. The van der Waals surface area contributed by atoms with Gasteiger partial charge < -0.3 is 24.7 Å². The van der Waals surface area contributed by atoms with Crippen LogP contribution in [0.2, 0.25) is 25.7 Å². The molecule has 2 N–H and O–H groups in total. The van der Waals surface area contributed by atoms with Crippen LogP contribution in [-0.2, 0) is 11.5 Å². The van der Waals surface area contributed by atoms with E-state index in [1.54, 1.807) is 25.6 Å². The lowest BCUT2D eigenvalue weighted by molar-refractivity contribution is 0.0895. The minimum absolute atomic E-state index is 0.241. The topological polar surface area (TPSA) is 116 Å². The molecule has 4 rings (SSSR count). The number of pyridine rings is 2. The number of hydrogen-bond donors (Lipinski definition) is 2. The van der Waals surface area contributed by atoms with Crippen LogP contribution < -0.4 is 15.4 Å². The fourth-order valence-corrected chi connectivity index (χ4v) is 4.69. The fraction of sp³-hybridized carbons (Fsp3) is 0.346. The molecule has 0 aliphatic carbocycles. The number of ether oxygens (including phenoxy) is 2. The average molecular weight is 520 g/mol. The van der Waals surface area contributed by atoms with Gasteiger partial charge in [-0.15, -0.1) is 0 Å². The number of fused-ring (bicyclic) bond motifs is 1. The third-order valence-electron chi connectivity index (χ3n) is 5.94. The summed E-state index contributed by atoms with van der Waals surface area (Å²) in [7, 11) is 1.91. The number of aryl methyl sites for hydroxylation is 1. The molecule has 4 heterocycles. The molecule has 37 heavy (non-hydrogen) atoms. The maximum absolute atomic E-state index is 12.7. The molecule has 0 fully saturated rings. The number of carbonyl (C=O) groups excluding carboxylic acids is 1. The predicted octanol–water partition coefficient (Wildman–Crippen LogP) is 4.62. The highest BCUT2D eigenvalue weighted by Gasteiger charge is 2.20. The molecular formula is C26H33N7O3Si. The fourth-order valence-electron chi connectivity index (χ4n) is 3.93. The molecule has 0 aliphatic rings. The first kappa shape index (κ1) is 26.2. The van der Waals surface area contributed by atoms with Gasteiger partial charge in [-0.25, -0.2) is 19.9 Å². The van der Waals surface area contributed by atoms with Gasteiger partial charge in [-0.3, -0.25) is 4.79 Å². The number of amides is 1. The molecule has 0 unspecified atom stereocenters. The van der Waals surface area contributed by atoms with Crippen molar-refractivity contribution in [3.05, 3.63) is 54.4 Å². The van der Waals surface area contributed by atoms with Crippen molar-refractivity contribution < 1.29 is 14.3 Å². The molecule has 10 nitrogen and oxygen atoms in total. The van der Waals surface area contributed by atoms with Crippen molar-refractivity contribution in [1.82, 2.24) is 29.8 Å². The van der Waals surface area contributed by atoms with Gasteiger partial charge in [0.1, 0.15) is 12.5 Å². The highest BCUT2D eigenvalue weighted by Crippen LogP contribution is 2.34. The Morgan fingerprint density at radius 2 is 1.84 bits per heavy atom. The smallest absolute Gasteiger partial charge is 0.316 e. The largest absolute Gasteiger partial charge is 0.467 e. The van der Waals surface area contributed by atoms with Gasteiger partial charge in [0.05, 0.1) is 30.7 Å². The van der Waals surface area contributed by atoms with E-state index >= 15 is 0 Å². The molecule has 4 aromatic heterocycles. The van der Waals surface area contributed by atoms with E-state index in [0.717, 1.165) is 33.6 Å². The van der Waals surface area contributed by atoms with Crippen LogP contribution in [0.3, 0.4) is 0 Å². The van der Waals surface area contributed by atoms with E-state index in [4.69, 9.17) is 9.47 Å². The minimum Gasteiger partial charge on any atom is -0.467 e. The molecule has 4 aromatic rings. The molecular weight excluding hydrogens is 486 g/mol. The van der Waals surface area contributed by atoms with Crippen molar-refractivity contribution in [1.29, 1.82) is 0 Å². The maximum Gasteiger partial charge on any atom is 0.316 e. The van der Waals surface area contributed by atoms with Gasteiger partial charge in [-0.2, -0.15) is 0 Å². The van der Waals surface area contributed by atoms with E-state index in [1.807, 2.05) is 36.0 Å². The van der Waals surface area contributed by atoms with Crippen LogP contribution in [0.25, 0.3) is 22.0 Å². The lowest BCUT2D eigenvalue weighted by Crippen LogP contribution is -2.22. The monoisotopic (exact) mass is 519 g/mol. The van der Waals surface area contributed by atoms with Crippen LogP contribution in [-0.4, -0.2) is 59.2 Å². The first-order chi connectivity index (χ1) is 17.7. The van der Waals surface area contributed by atoms with E-state index in [1.165, 1.54) is 7.11 Å². The van der Waals surface area contributed by atoms with Gasteiger partial charge in [0.15, 0.2) is 5.69 Å². The molecule has 0 atom stereocenters. The number of carbonyl (C=O) groups is 1. The Labute approximate surface area is 217 Å². The summed E-state index contributed by atoms with van der Waals surface area (Å²) < 4.78 is 13.0. The third-order valence-corrected chi connectivity index (χ3v) is 7.64. The van der Waals surface area contributed by atoms with Gasteiger partial charge in [-0.05, 0) is 30.7 Å². The summed E-state index contributed by atoms with van der Waals surface area (Å²) in [4.78, 5) is 29.9. The summed E-state index contributed by atoms with van der Waals surface area (Å²) in [5, 5.41) is 6.83. The lowest BCUT2D eigenvalue weighted by atomic mass is 10.0. The molecule has 0 aromatic carbocycles. The summed E-state index contributed by atoms with van der Waals surface area (Å²) in [6.07, 6.45) is 8.78. The first-order valence-corrected chi connectivity index (χ1v) is 15.8. The molecule has 11 heteroatoms. The Hall–Kier alpha value is -3.83. The van der Waals surface area contributed by atoms with Crippen molar-refractivity contribution in [3.63, 3.8) is 0 Å². The van der Waals surface area contributed by atoms with Crippen molar-refractivity contribution in [3.8, 4) is 17.1 Å². The predicted molar refractivity (Wildman–Crippen MR) is 147 cm³/mol. The van der Waals surface area contributed by atoms with Gasteiger partial charge in [0.25, 0.3) is 5.91 Å². The summed E-state index contributed by atoms with van der Waals surface area (Å²) in [6.45, 7) is 10.0. The van der Waals surface area contributed by atoms with Crippen LogP contribution in [0.5, 0.6) is 6.01 Å². The normalized spacial score (nSPS) is 11.5. The van der Waals surface area contributed by atoms with Crippen molar-refractivity contribution in [2.75, 3.05) is 26.1 Å².